The largest absolute Gasteiger partial charge is 0.476 e. The van der Waals surface area contributed by atoms with Crippen LogP contribution in [-0.2, 0) is 10.6 Å². The van der Waals surface area contributed by atoms with Crippen LogP contribution in [0, 0.1) is 0 Å². The number of rotatable bonds is 0. The van der Waals surface area contributed by atoms with Crippen molar-refractivity contribution >= 4 is 10.6 Å². The summed E-state index contributed by atoms with van der Waals surface area (Å²) in [6.07, 6.45) is 0. The van der Waals surface area contributed by atoms with Crippen molar-refractivity contribution in [3.8, 4) is 0 Å². The van der Waals surface area contributed by atoms with Crippen LogP contribution in [0.5, 0.6) is 0 Å². The molecule has 33 valence electrons. The zero-order valence-electron chi connectivity index (χ0n) is 2.98. The molecule has 0 aliphatic heterocycles. The Kier molecular flexibility index (Phi) is 0.857. The number of hydrogen-bond acceptors (Lipinski definition) is 2. The molecule has 0 spiro atoms. The molecule has 0 amide bonds. The van der Waals surface area contributed by atoms with Crippen LogP contribution in [0.3, 0.4) is 0 Å². The average Bonchev–Trinajstić information content (AvgIpc) is 0.722. The standard InChI is InChI=1S/F2O2S.H/c1-5(2,3)4;. The van der Waals surface area contributed by atoms with Gasteiger partial charge in [-0.3, -0.25) is 0 Å². The fourth-order valence-corrected chi connectivity index (χ4v) is 0. The van der Waals surface area contributed by atoms with Crippen molar-refractivity contribution in [1.29, 1.82) is 0 Å². The maximum Gasteiger partial charge on any atom is 0.476 e. The SMILES string of the molecule is O=S(=O)(F)F.[H]. The van der Waals surface area contributed by atoms with Crippen molar-refractivity contribution in [3.05, 3.63) is 0 Å². The molecule has 5 heavy (non-hydrogen) atoms. The van der Waals surface area contributed by atoms with E-state index in [0.29, 0.717) is 0 Å². The van der Waals surface area contributed by atoms with Crippen LogP contribution in [0.2, 0.25) is 0 Å². The zero-order chi connectivity index (χ0) is 4.50. The highest BCUT2D eigenvalue weighted by Crippen LogP contribution is 1.85. The Morgan fingerprint density at radius 2 is 1.40 bits per heavy atom. The third-order valence-corrected chi connectivity index (χ3v) is 0. The average molecular weight is 103 g/mol. The lowest BCUT2D eigenvalue weighted by Gasteiger charge is -1.57. The van der Waals surface area contributed by atoms with Gasteiger partial charge >= 0.3 is 10.6 Å². The summed E-state index contributed by atoms with van der Waals surface area (Å²) < 4.78 is 36.6. The Morgan fingerprint density at radius 1 is 1.40 bits per heavy atom. The molecule has 0 aliphatic rings. The van der Waals surface area contributed by atoms with E-state index in [1.54, 1.807) is 0 Å². The molecule has 0 N–H and O–H groups in total. The summed E-state index contributed by atoms with van der Waals surface area (Å²) in [4.78, 5) is 0. The van der Waals surface area contributed by atoms with Gasteiger partial charge in [-0.1, -0.05) is 7.77 Å². The van der Waals surface area contributed by atoms with Crippen LogP contribution in [0.25, 0.3) is 0 Å². The lowest BCUT2D eigenvalue weighted by Crippen LogP contribution is -1.69. The van der Waals surface area contributed by atoms with Gasteiger partial charge in [0.05, 0.1) is 0 Å². The summed E-state index contributed by atoms with van der Waals surface area (Å²) >= 11 is 0. The van der Waals surface area contributed by atoms with Gasteiger partial charge < -0.3 is 0 Å². The predicted octanol–water partition coefficient (Wildman–Crippen LogP) is 0.283. The molecule has 0 heterocycles. The quantitative estimate of drug-likeness (QED) is 0.413. The maximum absolute atomic E-state index is 9.99. The van der Waals surface area contributed by atoms with Gasteiger partial charge in [0.1, 0.15) is 0 Å². The molecule has 1 radical (unpaired) electrons. The lowest BCUT2D eigenvalue weighted by molar-refractivity contribution is 0.501. The van der Waals surface area contributed by atoms with Gasteiger partial charge in [-0.15, -0.1) is 0 Å². The highest BCUT2D eigenvalue weighted by Gasteiger charge is 1.94. The summed E-state index contributed by atoms with van der Waals surface area (Å²) in [5.41, 5.74) is 0. The van der Waals surface area contributed by atoms with Crippen molar-refractivity contribution in [1.82, 2.24) is 0 Å². The summed E-state index contributed by atoms with van der Waals surface area (Å²) in [6.45, 7) is 0. The van der Waals surface area contributed by atoms with Crippen molar-refractivity contribution < 1.29 is 17.6 Å². The normalized spacial score (nSPS) is 11.6. The molecule has 0 atom stereocenters. The first-order valence-electron chi connectivity index (χ1n) is 0.642. The van der Waals surface area contributed by atoms with Crippen LogP contribution in [0.4, 0.5) is 7.77 Å². The van der Waals surface area contributed by atoms with E-state index < -0.39 is 10.6 Å². The summed E-state index contributed by atoms with van der Waals surface area (Å²) in [7, 11) is -5.67. The Labute approximate surface area is 29.4 Å². The molecular weight excluding hydrogens is 102 g/mol. The number of hydrogen-bond donors (Lipinski definition) is 0. The van der Waals surface area contributed by atoms with Gasteiger partial charge in [0.2, 0.25) is 0 Å². The molecule has 0 aromatic carbocycles. The zero-order valence-corrected chi connectivity index (χ0v) is 2.80. The summed E-state index contributed by atoms with van der Waals surface area (Å²) in [5.74, 6) is 0. The van der Waals surface area contributed by atoms with Crippen molar-refractivity contribution in [2.24, 2.45) is 0 Å². The second-order valence-corrected chi connectivity index (χ2v) is 1.14. The minimum Gasteiger partial charge on any atom is -0.160 e. The van der Waals surface area contributed by atoms with Crippen LogP contribution >= 0.6 is 0 Å². The highest BCUT2D eigenvalue weighted by atomic mass is 32.3. The van der Waals surface area contributed by atoms with E-state index in [4.69, 9.17) is 8.42 Å². The second-order valence-electron chi connectivity index (χ2n) is 0.378. The molecule has 0 aliphatic carbocycles. The molecule has 0 saturated carbocycles. The van der Waals surface area contributed by atoms with Crippen LogP contribution in [-0.4, -0.2) is 8.42 Å². The molecule has 5 heteroatoms. The Balaban J connectivity index is 0. The van der Waals surface area contributed by atoms with Crippen molar-refractivity contribution in [2.75, 3.05) is 0 Å². The fraction of sp³-hybridized carbons (Fsp3) is 0. The summed E-state index contributed by atoms with van der Waals surface area (Å²) in [5, 5.41) is 0. The Morgan fingerprint density at radius 3 is 1.40 bits per heavy atom. The minimum atomic E-state index is -5.67. The monoisotopic (exact) mass is 103 g/mol. The fourth-order valence-electron chi connectivity index (χ4n) is 0. The molecule has 0 saturated heterocycles. The maximum atomic E-state index is 9.99. The molecular formula is HF2O2S. The number of halogens is 2. The van der Waals surface area contributed by atoms with Gasteiger partial charge in [-0.05, 0) is 0 Å². The van der Waals surface area contributed by atoms with Gasteiger partial charge in [-0.2, -0.15) is 8.42 Å². The summed E-state index contributed by atoms with van der Waals surface area (Å²) in [6, 6.07) is 0. The minimum absolute atomic E-state index is 0. The topological polar surface area (TPSA) is 34.1 Å². The molecule has 0 fully saturated rings. The first kappa shape index (κ1) is 4.81. The first-order chi connectivity index (χ1) is 2.00. The van der Waals surface area contributed by atoms with E-state index >= 15 is 0 Å². The molecule has 0 unspecified atom stereocenters. The van der Waals surface area contributed by atoms with Crippen molar-refractivity contribution in [2.45, 2.75) is 0 Å². The highest BCUT2D eigenvalue weighted by molar-refractivity contribution is 7.81. The van der Waals surface area contributed by atoms with Crippen LogP contribution in [0.15, 0.2) is 0 Å². The first-order valence-corrected chi connectivity index (χ1v) is 1.93. The van der Waals surface area contributed by atoms with E-state index in [-0.39, 0.29) is 1.43 Å². The Bertz CT molecular complexity index is 94.7. The molecule has 0 aromatic rings. The van der Waals surface area contributed by atoms with E-state index in [0.717, 1.165) is 0 Å². The third kappa shape index (κ3) is 346. The smallest absolute Gasteiger partial charge is 0.160 e. The predicted molar refractivity (Wildman–Crippen MR) is 12.2 cm³/mol. The molecule has 0 bridgehead atoms. The van der Waals surface area contributed by atoms with Gasteiger partial charge in [0, 0.05) is 1.43 Å². The van der Waals surface area contributed by atoms with Gasteiger partial charge in [0.15, 0.2) is 0 Å². The van der Waals surface area contributed by atoms with Gasteiger partial charge in [-0.25, -0.2) is 0 Å². The van der Waals surface area contributed by atoms with E-state index in [1.807, 2.05) is 0 Å². The molecule has 0 rings (SSSR count). The van der Waals surface area contributed by atoms with E-state index in [1.165, 1.54) is 0 Å². The molecule has 2 nitrogen and oxygen atoms in total. The Hall–Kier alpha value is -0.190. The van der Waals surface area contributed by atoms with E-state index in [9.17, 15) is 7.77 Å². The lowest BCUT2D eigenvalue weighted by atomic mass is 15.9. The molecule has 0 aromatic heterocycles. The van der Waals surface area contributed by atoms with Crippen LogP contribution in [0.1, 0.15) is 1.43 Å². The van der Waals surface area contributed by atoms with Crippen LogP contribution < -0.4 is 0 Å². The van der Waals surface area contributed by atoms with Gasteiger partial charge in [0.25, 0.3) is 0 Å². The van der Waals surface area contributed by atoms with E-state index in [2.05, 4.69) is 0 Å². The second kappa shape index (κ2) is 0.891. The van der Waals surface area contributed by atoms with Crippen molar-refractivity contribution in [3.63, 3.8) is 0 Å². The third-order valence-electron chi connectivity index (χ3n) is 0.